The molecule has 1 aliphatic carbocycles. The SMILES string of the molecule is CC(C)NCCCCS(=O)(=O)N1CC2CCCC2C1. The average Bonchev–Trinajstić information content (AvgIpc) is 2.87. The Balaban J connectivity index is 1.70. The lowest BCUT2D eigenvalue weighted by Crippen LogP contribution is -2.32. The van der Waals surface area contributed by atoms with Crippen LogP contribution in [0.25, 0.3) is 0 Å². The van der Waals surface area contributed by atoms with Gasteiger partial charge in [-0.05, 0) is 44.1 Å². The number of hydrogen-bond acceptors (Lipinski definition) is 3. The van der Waals surface area contributed by atoms with Gasteiger partial charge in [-0.1, -0.05) is 20.3 Å². The summed E-state index contributed by atoms with van der Waals surface area (Å²) in [7, 11) is -3.00. The van der Waals surface area contributed by atoms with Gasteiger partial charge in [-0.25, -0.2) is 12.7 Å². The van der Waals surface area contributed by atoms with Gasteiger partial charge in [0.15, 0.2) is 0 Å². The molecule has 2 rings (SSSR count). The zero-order valence-corrected chi connectivity index (χ0v) is 13.1. The highest BCUT2D eigenvalue weighted by atomic mass is 32.2. The molecule has 1 N–H and O–H groups in total. The normalized spacial score (nSPS) is 28.2. The fourth-order valence-corrected chi connectivity index (χ4v) is 5.01. The summed E-state index contributed by atoms with van der Waals surface area (Å²) >= 11 is 0. The first kappa shape index (κ1) is 15.3. The van der Waals surface area contributed by atoms with Gasteiger partial charge in [-0.3, -0.25) is 0 Å². The molecule has 1 saturated heterocycles. The number of hydrogen-bond donors (Lipinski definition) is 1. The van der Waals surface area contributed by atoms with Crippen molar-refractivity contribution in [2.45, 2.75) is 52.0 Å². The Morgan fingerprint density at radius 2 is 1.79 bits per heavy atom. The lowest BCUT2D eigenvalue weighted by Gasteiger charge is -2.17. The van der Waals surface area contributed by atoms with E-state index in [0.717, 1.165) is 32.5 Å². The Labute approximate surface area is 118 Å². The Morgan fingerprint density at radius 1 is 1.16 bits per heavy atom. The van der Waals surface area contributed by atoms with Crippen LogP contribution in [-0.4, -0.2) is 44.2 Å². The quantitative estimate of drug-likeness (QED) is 0.727. The van der Waals surface area contributed by atoms with Crippen LogP contribution >= 0.6 is 0 Å². The molecule has 2 atom stereocenters. The Bertz CT molecular complexity index is 369. The number of nitrogens with zero attached hydrogens (tertiary/aromatic N) is 1. The van der Waals surface area contributed by atoms with E-state index in [9.17, 15) is 8.42 Å². The van der Waals surface area contributed by atoms with E-state index >= 15 is 0 Å². The molecule has 2 aliphatic rings. The first-order valence-electron chi connectivity index (χ1n) is 7.70. The summed E-state index contributed by atoms with van der Waals surface area (Å²) in [5, 5.41) is 3.33. The molecule has 0 aromatic heterocycles. The van der Waals surface area contributed by atoms with Crippen molar-refractivity contribution in [3.05, 3.63) is 0 Å². The Hall–Kier alpha value is -0.130. The highest BCUT2D eigenvalue weighted by Gasteiger charge is 2.40. The maximum atomic E-state index is 12.3. The second-order valence-electron chi connectivity index (χ2n) is 6.40. The molecule has 1 saturated carbocycles. The molecule has 4 nitrogen and oxygen atoms in total. The van der Waals surface area contributed by atoms with Crippen LogP contribution in [0.15, 0.2) is 0 Å². The van der Waals surface area contributed by atoms with Crippen LogP contribution in [0.1, 0.15) is 46.0 Å². The number of nitrogens with one attached hydrogen (secondary N) is 1. The smallest absolute Gasteiger partial charge is 0.214 e. The zero-order valence-electron chi connectivity index (χ0n) is 12.3. The summed E-state index contributed by atoms with van der Waals surface area (Å²) in [4.78, 5) is 0. The topological polar surface area (TPSA) is 49.4 Å². The summed E-state index contributed by atoms with van der Waals surface area (Å²) in [5.41, 5.74) is 0. The number of sulfonamides is 1. The van der Waals surface area contributed by atoms with Crippen molar-refractivity contribution in [2.24, 2.45) is 11.8 Å². The minimum absolute atomic E-state index is 0.326. The predicted octanol–water partition coefficient (Wildman–Crippen LogP) is 1.83. The van der Waals surface area contributed by atoms with E-state index in [1.807, 2.05) is 0 Å². The van der Waals surface area contributed by atoms with Gasteiger partial charge >= 0.3 is 0 Å². The van der Waals surface area contributed by atoms with Crippen molar-refractivity contribution in [2.75, 3.05) is 25.4 Å². The molecule has 1 heterocycles. The van der Waals surface area contributed by atoms with Crippen molar-refractivity contribution in [3.63, 3.8) is 0 Å². The van der Waals surface area contributed by atoms with Gasteiger partial charge in [0, 0.05) is 19.1 Å². The summed E-state index contributed by atoms with van der Waals surface area (Å²) in [6.07, 6.45) is 5.47. The van der Waals surface area contributed by atoms with Crippen LogP contribution in [0.4, 0.5) is 0 Å². The van der Waals surface area contributed by atoms with E-state index in [-0.39, 0.29) is 0 Å². The molecule has 0 aromatic rings. The van der Waals surface area contributed by atoms with Crippen LogP contribution in [-0.2, 0) is 10.0 Å². The minimum atomic E-state index is -3.00. The van der Waals surface area contributed by atoms with E-state index < -0.39 is 10.0 Å². The molecule has 2 unspecified atom stereocenters. The van der Waals surface area contributed by atoms with E-state index in [1.165, 1.54) is 19.3 Å². The lowest BCUT2D eigenvalue weighted by atomic mass is 10.0. The maximum Gasteiger partial charge on any atom is 0.214 e. The van der Waals surface area contributed by atoms with Crippen molar-refractivity contribution >= 4 is 10.0 Å². The van der Waals surface area contributed by atoms with E-state index in [1.54, 1.807) is 4.31 Å². The first-order chi connectivity index (χ1) is 8.99. The third kappa shape index (κ3) is 4.17. The first-order valence-corrected chi connectivity index (χ1v) is 9.31. The third-order valence-corrected chi connectivity index (χ3v) is 6.36. The van der Waals surface area contributed by atoms with Crippen molar-refractivity contribution in [1.29, 1.82) is 0 Å². The van der Waals surface area contributed by atoms with Crippen LogP contribution in [0, 0.1) is 11.8 Å². The number of unbranched alkanes of at least 4 members (excludes halogenated alkanes) is 1. The number of rotatable bonds is 7. The van der Waals surface area contributed by atoms with Gasteiger partial charge in [0.2, 0.25) is 10.0 Å². The molecular weight excluding hydrogens is 260 g/mol. The minimum Gasteiger partial charge on any atom is -0.315 e. The molecule has 1 aliphatic heterocycles. The molecule has 0 bridgehead atoms. The average molecular weight is 288 g/mol. The molecule has 2 fully saturated rings. The van der Waals surface area contributed by atoms with E-state index in [2.05, 4.69) is 19.2 Å². The van der Waals surface area contributed by atoms with Crippen molar-refractivity contribution in [1.82, 2.24) is 9.62 Å². The second-order valence-corrected chi connectivity index (χ2v) is 8.49. The maximum absolute atomic E-state index is 12.3. The number of fused-ring (bicyclic) bond motifs is 1. The standard InChI is InChI=1S/C14H28N2O2S/c1-12(2)15-8-3-4-9-19(17,18)16-10-13-6-5-7-14(13)11-16/h12-15H,3-11H2,1-2H3. The van der Waals surface area contributed by atoms with Gasteiger partial charge in [-0.2, -0.15) is 0 Å². The highest BCUT2D eigenvalue weighted by molar-refractivity contribution is 7.89. The molecular formula is C14H28N2O2S. The van der Waals surface area contributed by atoms with Crippen LogP contribution in [0.3, 0.4) is 0 Å². The lowest BCUT2D eigenvalue weighted by molar-refractivity contribution is 0.443. The fraction of sp³-hybridized carbons (Fsp3) is 1.00. The fourth-order valence-electron chi connectivity index (χ4n) is 3.35. The Kier molecular flexibility index (Phi) is 5.26. The molecule has 0 aromatic carbocycles. The predicted molar refractivity (Wildman–Crippen MR) is 78.6 cm³/mol. The Morgan fingerprint density at radius 3 is 2.37 bits per heavy atom. The molecule has 5 heteroatoms. The van der Waals surface area contributed by atoms with Crippen LogP contribution in [0.5, 0.6) is 0 Å². The largest absolute Gasteiger partial charge is 0.315 e. The van der Waals surface area contributed by atoms with Gasteiger partial charge in [0.25, 0.3) is 0 Å². The van der Waals surface area contributed by atoms with Crippen LogP contribution < -0.4 is 5.32 Å². The summed E-state index contributed by atoms with van der Waals surface area (Å²) in [5.74, 6) is 1.63. The molecule has 0 radical (unpaired) electrons. The van der Waals surface area contributed by atoms with E-state index in [4.69, 9.17) is 0 Å². The molecule has 112 valence electrons. The summed E-state index contributed by atoms with van der Waals surface area (Å²) in [6.45, 7) is 6.71. The molecule has 0 spiro atoms. The van der Waals surface area contributed by atoms with Gasteiger partial charge in [0.05, 0.1) is 5.75 Å². The molecule has 19 heavy (non-hydrogen) atoms. The second kappa shape index (κ2) is 6.55. The highest BCUT2D eigenvalue weighted by Crippen LogP contribution is 2.38. The van der Waals surface area contributed by atoms with Crippen molar-refractivity contribution in [3.8, 4) is 0 Å². The van der Waals surface area contributed by atoms with Gasteiger partial charge in [0.1, 0.15) is 0 Å². The monoisotopic (exact) mass is 288 g/mol. The molecule has 0 amide bonds. The van der Waals surface area contributed by atoms with Crippen LogP contribution in [0.2, 0.25) is 0 Å². The third-order valence-electron chi connectivity index (χ3n) is 4.47. The summed E-state index contributed by atoms with van der Waals surface area (Å²) < 4.78 is 26.3. The van der Waals surface area contributed by atoms with Gasteiger partial charge in [-0.15, -0.1) is 0 Å². The zero-order chi connectivity index (χ0) is 13.9. The van der Waals surface area contributed by atoms with Gasteiger partial charge < -0.3 is 5.32 Å². The summed E-state index contributed by atoms with van der Waals surface area (Å²) in [6, 6.07) is 0.481. The van der Waals surface area contributed by atoms with E-state index in [0.29, 0.717) is 23.6 Å². The van der Waals surface area contributed by atoms with Crippen molar-refractivity contribution < 1.29 is 8.42 Å².